The van der Waals surface area contributed by atoms with Gasteiger partial charge in [0.25, 0.3) is 0 Å². The maximum absolute atomic E-state index is 12.1. The number of rotatable bonds is 5. The molecule has 1 aliphatic heterocycles. The Bertz CT molecular complexity index is 361. The molecule has 0 spiro atoms. The van der Waals surface area contributed by atoms with E-state index in [4.69, 9.17) is 9.84 Å². The highest BCUT2D eigenvalue weighted by Gasteiger charge is 2.29. The third-order valence-electron chi connectivity index (χ3n) is 4.58. The van der Waals surface area contributed by atoms with Crippen molar-refractivity contribution in [1.82, 2.24) is 10.6 Å². The molecule has 21 heavy (non-hydrogen) atoms. The summed E-state index contributed by atoms with van der Waals surface area (Å²) >= 11 is 0. The standard InChI is InChI=1S/C15H26N2O4/c1-2-12(13-4-3-9-21-13)17-15(20)16-11-7-5-10(6-8-11)14(18)19/h10-13H,2-9H2,1H3,(H,18,19)(H2,16,17,20). The van der Waals surface area contributed by atoms with Crippen LogP contribution in [-0.2, 0) is 9.53 Å². The fraction of sp³-hybridized carbons (Fsp3) is 0.867. The van der Waals surface area contributed by atoms with E-state index in [-0.39, 0.29) is 30.1 Å². The van der Waals surface area contributed by atoms with Gasteiger partial charge in [-0.25, -0.2) is 4.79 Å². The summed E-state index contributed by atoms with van der Waals surface area (Å²) in [6, 6.07) is -0.0124. The van der Waals surface area contributed by atoms with Crippen LogP contribution in [0.5, 0.6) is 0 Å². The van der Waals surface area contributed by atoms with Crippen molar-refractivity contribution in [3.63, 3.8) is 0 Å². The van der Waals surface area contributed by atoms with Gasteiger partial charge in [0.1, 0.15) is 0 Å². The quantitative estimate of drug-likeness (QED) is 0.723. The summed E-state index contributed by atoms with van der Waals surface area (Å²) in [5.41, 5.74) is 0. The summed E-state index contributed by atoms with van der Waals surface area (Å²) < 4.78 is 5.63. The Labute approximate surface area is 125 Å². The Balaban J connectivity index is 1.72. The van der Waals surface area contributed by atoms with Gasteiger partial charge < -0.3 is 20.5 Å². The molecule has 2 rings (SSSR count). The van der Waals surface area contributed by atoms with Gasteiger partial charge in [0.05, 0.1) is 18.1 Å². The zero-order valence-electron chi connectivity index (χ0n) is 12.6. The van der Waals surface area contributed by atoms with Crippen LogP contribution in [0.15, 0.2) is 0 Å². The van der Waals surface area contributed by atoms with Gasteiger partial charge in [-0.2, -0.15) is 0 Å². The summed E-state index contributed by atoms with van der Waals surface area (Å²) in [7, 11) is 0. The lowest BCUT2D eigenvalue weighted by Gasteiger charge is -2.29. The zero-order chi connectivity index (χ0) is 15.2. The molecule has 2 aliphatic rings. The molecule has 0 aromatic heterocycles. The summed E-state index contributed by atoms with van der Waals surface area (Å²) in [4.78, 5) is 23.0. The summed E-state index contributed by atoms with van der Waals surface area (Å²) in [6.45, 7) is 2.83. The highest BCUT2D eigenvalue weighted by molar-refractivity contribution is 5.75. The van der Waals surface area contributed by atoms with Crippen LogP contribution in [-0.4, -0.2) is 41.9 Å². The van der Waals surface area contributed by atoms with E-state index in [1.54, 1.807) is 0 Å². The van der Waals surface area contributed by atoms with E-state index < -0.39 is 5.97 Å². The molecule has 1 saturated heterocycles. The number of carboxylic acid groups (broad SMARTS) is 1. The SMILES string of the molecule is CCC(NC(=O)NC1CCC(C(=O)O)CC1)C1CCCO1. The minimum absolute atomic E-state index is 0.0582. The minimum Gasteiger partial charge on any atom is -0.481 e. The Kier molecular flexibility index (Phi) is 5.85. The minimum atomic E-state index is -0.720. The van der Waals surface area contributed by atoms with Crippen LogP contribution in [0.3, 0.4) is 0 Å². The number of nitrogens with one attached hydrogen (secondary N) is 2. The molecule has 2 atom stereocenters. The van der Waals surface area contributed by atoms with Crippen LogP contribution in [0.25, 0.3) is 0 Å². The van der Waals surface area contributed by atoms with Gasteiger partial charge in [-0.15, -0.1) is 0 Å². The largest absolute Gasteiger partial charge is 0.481 e. The molecule has 1 aliphatic carbocycles. The Morgan fingerprint density at radius 2 is 1.95 bits per heavy atom. The smallest absolute Gasteiger partial charge is 0.315 e. The monoisotopic (exact) mass is 298 g/mol. The molecular weight excluding hydrogens is 272 g/mol. The Morgan fingerprint density at radius 1 is 1.24 bits per heavy atom. The van der Waals surface area contributed by atoms with Crippen molar-refractivity contribution in [3.8, 4) is 0 Å². The number of hydrogen-bond donors (Lipinski definition) is 3. The van der Waals surface area contributed by atoms with Crippen LogP contribution in [0.4, 0.5) is 4.79 Å². The number of urea groups is 1. The Hall–Kier alpha value is -1.30. The predicted octanol–water partition coefficient (Wildman–Crippen LogP) is 1.89. The first-order valence-corrected chi connectivity index (χ1v) is 8.01. The lowest BCUT2D eigenvalue weighted by molar-refractivity contribution is -0.142. The molecule has 2 unspecified atom stereocenters. The third kappa shape index (κ3) is 4.59. The molecule has 2 fully saturated rings. The highest BCUT2D eigenvalue weighted by atomic mass is 16.5. The van der Waals surface area contributed by atoms with Crippen molar-refractivity contribution in [1.29, 1.82) is 0 Å². The van der Waals surface area contributed by atoms with E-state index in [0.717, 1.165) is 38.7 Å². The lowest BCUT2D eigenvalue weighted by Crippen LogP contribution is -2.50. The lowest BCUT2D eigenvalue weighted by atomic mass is 9.86. The van der Waals surface area contributed by atoms with Crippen molar-refractivity contribution in [2.45, 2.75) is 70.1 Å². The number of carbonyl (C=O) groups is 2. The molecular formula is C15H26N2O4. The van der Waals surface area contributed by atoms with Crippen molar-refractivity contribution in [2.75, 3.05) is 6.61 Å². The average Bonchev–Trinajstić information content (AvgIpc) is 2.99. The first kappa shape index (κ1) is 16.1. The molecule has 3 N–H and O–H groups in total. The number of aliphatic carboxylic acids is 1. The summed E-state index contributed by atoms with van der Waals surface area (Å²) in [5.74, 6) is -0.969. The van der Waals surface area contributed by atoms with E-state index in [9.17, 15) is 9.59 Å². The van der Waals surface area contributed by atoms with Crippen molar-refractivity contribution < 1.29 is 19.4 Å². The van der Waals surface area contributed by atoms with Crippen LogP contribution in [0.2, 0.25) is 0 Å². The predicted molar refractivity (Wildman–Crippen MR) is 78.1 cm³/mol. The van der Waals surface area contributed by atoms with Crippen LogP contribution < -0.4 is 10.6 Å². The number of carboxylic acids is 1. The average molecular weight is 298 g/mol. The number of carbonyl (C=O) groups excluding carboxylic acids is 1. The molecule has 6 heteroatoms. The van der Waals surface area contributed by atoms with Gasteiger partial charge in [0.15, 0.2) is 0 Å². The summed E-state index contributed by atoms with van der Waals surface area (Å²) in [6.07, 6.45) is 5.80. The first-order valence-electron chi connectivity index (χ1n) is 8.01. The van der Waals surface area contributed by atoms with Crippen molar-refractivity contribution >= 4 is 12.0 Å². The third-order valence-corrected chi connectivity index (χ3v) is 4.58. The van der Waals surface area contributed by atoms with E-state index in [1.165, 1.54) is 0 Å². The van der Waals surface area contributed by atoms with Gasteiger partial charge in [0, 0.05) is 12.6 Å². The molecule has 0 radical (unpaired) electrons. The topological polar surface area (TPSA) is 87.7 Å². The molecule has 120 valence electrons. The second-order valence-electron chi connectivity index (χ2n) is 6.07. The van der Waals surface area contributed by atoms with Crippen LogP contribution >= 0.6 is 0 Å². The highest BCUT2D eigenvalue weighted by Crippen LogP contribution is 2.24. The van der Waals surface area contributed by atoms with E-state index in [1.807, 2.05) is 6.92 Å². The van der Waals surface area contributed by atoms with E-state index in [2.05, 4.69) is 10.6 Å². The van der Waals surface area contributed by atoms with E-state index in [0.29, 0.717) is 12.8 Å². The number of amides is 2. The molecule has 2 amide bonds. The van der Waals surface area contributed by atoms with Crippen molar-refractivity contribution in [3.05, 3.63) is 0 Å². The zero-order valence-corrected chi connectivity index (χ0v) is 12.6. The van der Waals surface area contributed by atoms with Crippen LogP contribution in [0, 0.1) is 5.92 Å². The summed E-state index contributed by atoms with van der Waals surface area (Å²) in [5, 5.41) is 14.9. The van der Waals surface area contributed by atoms with Gasteiger partial charge in [-0.1, -0.05) is 6.92 Å². The van der Waals surface area contributed by atoms with Gasteiger partial charge in [0.2, 0.25) is 0 Å². The molecule has 6 nitrogen and oxygen atoms in total. The van der Waals surface area contributed by atoms with Crippen molar-refractivity contribution in [2.24, 2.45) is 5.92 Å². The van der Waals surface area contributed by atoms with Crippen LogP contribution in [0.1, 0.15) is 51.9 Å². The normalized spacial score (nSPS) is 30.6. The van der Waals surface area contributed by atoms with E-state index >= 15 is 0 Å². The first-order chi connectivity index (χ1) is 10.1. The molecule has 0 aromatic rings. The number of hydrogen-bond acceptors (Lipinski definition) is 3. The molecule has 0 bridgehead atoms. The maximum Gasteiger partial charge on any atom is 0.315 e. The number of ether oxygens (including phenoxy) is 1. The van der Waals surface area contributed by atoms with Gasteiger partial charge >= 0.3 is 12.0 Å². The molecule has 0 aromatic carbocycles. The Morgan fingerprint density at radius 3 is 2.48 bits per heavy atom. The maximum atomic E-state index is 12.1. The fourth-order valence-corrected chi connectivity index (χ4v) is 3.26. The molecule has 1 saturated carbocycles. The van der Waals surface area contributed by atoms with Gasteiger partial charge in [-0.3, -0.25) is 4.79 Å². The fourth-order valence-electron chi connectivity index (χ4n) is 3.26. The second-order valence-corrected chi connectivity index (χ2v) is 6.07. The second kappa shape index (κ2) is 7.64. The molecule has 1 heterocycles. The van der Waals surface area contributed by atoms with Gasteiger partial charge in [-0.05, 0) is 44.9 Å².